The number of halogens is 1. The fourth-order valence-corrected chi connectivity index (χ4v) is 4.19. The summed E-state index contributed by atoms with van der Waals surface area (Å²) < 4.78 is 15.5. The second-order valence-electron chi connectivity index (χ2n) is 8.60. The molecule has 0 radical (unpaired) electrons. The first kappa shape index (κ1) is 29.5. The van der Waals surface area contributed by atoms with E-state index in [9.17, 15) is 24.2 Å². The Balaban J connectivity index is 0.00000342. The standard InChI is InChI=1S/C27H29FN2O5.Na.H/c1-16(2)30-22(13-12-20(31)14-21(32)15-23(33)34)24(18-8-10-19(28)11-9-18)25(26(30)27(29)35)17-6-4-3-5-7-17;;/h3-13,16,20-21,31-32H,14-15H2,1-2H3,(H2,29,35)(H,33,34);;/q;+1;-1/b13-12+;;/t20-,21-;;/m1../s1. The van der Waals surface area contributed by atoms with Crippen molar-refractivity contribution in [3.05, 3.63) is 77.9 Å². The number of carbonyl (C=O) groups excluding carboxylic acids is 1. The molecule has 1 amide bonds. The van der Waals surface area contributed by atoms with Crippen LogP contribution >= 0.6 is 0 Å². The van der Waals surface area contributed by atoms with E-state index in [0.717, 1.165) is 5.56 Å². The summed E-state index contributed by atoms with van der Waals surface area (Å²) in [7, 11) is 0. The molecule has 3 aromatic rings. The maximum Gasteiger partial charge on any atom is 1.00 e. The van der Waals surface area contributed by atoms with E-state index < -0.39 is 36.3 Å². The number of carboxylic acid groups (broad SMARTS) is 1. The van der Waals surface area contributed by atoms with Gasteiger partial charge in [0.2, 0.25) is 0 Å². The van der Waals surface area contributed by atoms with Crippen molar-refractivity contribution < 1.29 is 60.3 Å². The number of aliphatic hydroxyl groups is 2. The van der Waals surface area contributed by atoms with Gasteiger partial charge in [0, 0.05) is 29.3 Å². The summed E-state index contributed by atoms with van der Waals surface area (Å²) in [4.78, 5) is 23.6. The first-order valence-electron chi connectivity index (χ1n) is 11.3. The van der Waals surface area contributed by atoms with Gasteiger partial charge >= 0.3 is 35.5 Å². The Morgan fingerprint density at radius 1 is 1.03 bits per heavy atom. The van der Waals surface area contributed by atoms with Crippen LogP contribution in [0.25, 0.3) is 28.3 Å². The number of carbonyl (C=O) groups is 2. The van der Waals surface area contributed by atoms with Crippen molar-refractivity contribution in [1.29, 1.82) is 0 Å². The number of benzene rings is 2. The number of carboxylic acids is 1. The van der Waals surface area contributed by atoms with Gasteiger partial charge in [-0.25, -0.2) is 4.39 Å². The van der Waals surface area contributed by atoms with Crippen LogP contribution in [0.15, 0.2) is 60.7 Å². The smallest absolute Gasteiger partial charge is 1.00 e. The Kier molecular flexibility index (Phi) is 10.6. The molecule has 0 spiro atoms. The summed E-state index contributed by atoms with van der Waals surface area (Å²) >= 11 is 0. The fourth-order valence-electron chi connectivity index (χ4n) is 4.19. The summed E-state index contributed by atoms with van der Waals surface area (Å²) in [6.07, 6.45) is 0.0325. The van der Waals surface area contributed by atoms with E-state index in [1.807, 2.05) is 44.2 Å². The summed E-state index contributed by atoms with van der Waals surface area (Å²) in [5.74, 6) is -2.22. The zero-order valence-corrected chi connectivity index (χ0v) is 22.6. The molecule has 0 bridgehead atoms. The number of primary amides is 1. The van der Waals surface area contributed by atoms with Crippen molar-refractivity contribution in [3.63, 3.8) is 0 Å². The van der Waals surface area contributed by atoms with Crippen LogP contribution in [0.4, 0.5) is 4.39 Å². The molecule has 36 heavy (non-hydrogen) atoms. The topological polar surface area (TPSA) is 126 Å². The molecule has 5 N–H and O–H groups in total. The number of aliphatic carboxylic acids is 1. The Morgan fingerprint density at radius 3 is 2.14 bits per heavy atom. The van der Waals surface area contributed by atoms with Crippen LogP contribution in [-0.4, -0.2) is 44.0 Å². The third-order valence-electron chi connectivity index (χ3n) is 5.59. The first-order chi connectivity index (χ1) is 16.6. The Labute approximate surface area is 232 Å². The van der Waals surface area contributed by atoms with E-state index in [4.69, 9.17) is 10.8 Å². The summed E-state index contributed by atoms with van der Waals surface area (Å²) in [6.45, 7) is 3.78. The molecule has 0 unspecified atom stereocenters. The monoisotopic (exact) mass is 504 g/mol. The molecule has 1 aromatic heterocycles. The molecule has 2 aromatic carbocycles. The Hall–Kier alpha value is -2.75. The van der Waals surface area contributed by atoms with E-state index >= 15 is 0 Å². The SMILES string of the molecule is CC(C)n1c(/C=C/[C@@H](O)C[C@@H](O)CC(=O)O)c(-c2ccc(F)cc2)c(-c2ccccc2)c1C(N)=O.[H-].[Na+]. The van der Waals surface area contributed by atoms with Crippen molar-refractivity contribution in [2.45, 2.75) is 44.9 Å². The van der Waals surface area contributed by atoms with Crippen molar-refractivity contribution >= 4 is 18.0 Å². The minimum Gasteiger partial charge on any atom is -1.00 e. The number of rotatable bonds is 10. The predicted octanol–water partition coefficient (Wildman–Crippen LogP) is 1.36. The number of nitrogens with zero attached hydrogens (tertiary/aromatic N) is 1. The molecule has 2 atom stereocenters. The van der Waals surface area contributed by atoms with Crippen molar-refractivity contribution in [2.75, 3.05) is 0 Å². The molecule has 7 nitrogen and oxygen atoms in total. The van der Waals surface area contributed by atoms with Gasteiger partial charge in [0.25, 0.3) is 5.91 Å². The van der Waals surface area contributed by atoms with Crippen LogP contribution in [0.1, 0.15) is 50.3 Å². The van der Waals surface area contributed by atoms with Crippen LogP contribution in [0.5, 0.6) is 0 Å². The van der Waals surface area contributed by atoms with Crippen molar-refractivity contribution in [1.82, 2.24) is 4.57 Å². The maximum atomic E-state index is 13.7. The zero-order valence-electron chi connectivity index (χ0n) is 21.6. The van der Waals surface area contributed by atoms with Crippen LogP contribution in [0.3, 0.4) is 0 Å². The van der Waals surface area contributed by atoms with Crippen molar-refractivity contribution in [2.24, 2.45) is 5.73 Å². The Bertz CT molecular complexity index is 1230. The molecule has 3 rings (SSSR count). The van der Waals surface area contributed by atoms with Gasteiger partial charge in [0.1, 0.15) is 11.5 Å². The van der Waals surface area contributed by atoms with Gasteiger partial charge in [-0.05, 0) is 43.2 Å². The molecule has 0 aliphatic carbocycles. The summed E-state index contributed by atoms with van der Waals surface area (Å²) in [6, 6.07) is 14.9. The molecule has 0 fully saturated rings. The molecule has 9 heteroatoms. The van der Waals surface area contributed by atoms with Gasteiger partial charge in [-0.3, -0.25) is 9.59 Å². The van der Waals surface area contributed by atoms with E-state index in [2.05, 4.69) is 0 Å². The number of amides is 1. The van der Waals surface area contributed by atoms with Gasteiger partial charge in [-0.15, -0.1) is 0 Å². The quantitative estimate of drug-likeness (QED) is 0.310. The molecule has 0 aliphatic heterocycles. The second kappa shape index (κ2) is 13.0. The Morgan fingerprint density at radius 2 is 1.61 bits per heavy atom. The van der Waals surface area contributed by atoms with Crippen LogP contribution in [0.2, 0.25) is 0 Å². The number of hydrogen-bond acceptors (Lipinski definition) is 4. The number of aromatic nitrogens is 1. The minimum absolute atomic E-state index is 0. The predicted molar refractivity (Wildman–Crippen MR) is 133 cm³/mol. The van der Waals surface area contributed by atoms with E-state index in [1.165, 1.54) is 18.2 Å². The fraction of sp³-hybridized carbons (Fsp3) is 0.259. The maximum absolute atomic E-state index is 13.7. The summed E-state index contributed by atoms with van der Waals surface area (Å²) in [5, 5.41) is 29.2. The number of hydrogen-bond donors (Lipinski definition) is 4. The van der Waals surface area contributed by atoms with E-state index in [-0.39, 0.29) is 49.1 Å². The molecule has 1 heterocycles. The van der Waals surface area contributed by atoms with Crippen molar-refractivity contribution in [3.8, 4) is 22.3 Å². The average molecular weight is 505 g/mol. The summed E-state index contributed by atoms with van der Waals surface area (Å²) in [5.41, 5.74) is 9.29. The van der Waals surface area contributed by atoms with Gasteiger partial charge in [-0.1, -0.05) is 48.5 Å². The number of nitrogens with two attached hydrogens (primary N) is 1. The van der Waals surface area contributed by atoms with E-state index in [0.29, 0.717) is 22.4 Å². The van der Waals surface area contributed by atoms with Gasteiger partial charge in [0.15, 0.2) is 0 Å². The third-order valence-corrected chi connectivity index (χ3v) is 5.59. The molecule has 0 saturated heterocycles. The average Bonchev–Trinajstić information content (AvgIpc) is 3.14. The minimum atomic E-state index is -1.22. The van der Waals surface area contributed by atoms with Crippen LogP contribution in [0, 0.1) is 5.82 Å². The van der Waals surface area contributed by atoms with Crippen LogP contribution in [-0.2, 0) is 4.79 Å². The molecular formula is C27H30FN2NaO5. The normalized spacial score (nSPS) is 12.9. The second-order valence-corrected chi connectivity index (χ2v) is 8.60. The van der Waals surface area contributed by atoms with Gasteiger partial charge in [-0.2, -0.15) is 0 Å². The van der Waals surface area contributed by atoms with Gasteiger partial charge in [0.05, 0.1) is 18.6 Å². The molecule has 186 valence electrons. The first-order valence-corrected chi connectivity index (χ1v) is 11.3. The largest absolute Gasteiger partial charge is 1.00 e. The molecular weight excluding hydrogens is 474 g/mol. The number of aliphatic hydroxyl groups excluding tert-OH is 2. The van der Waals surface area contributed by atoms with E-state index in [1.54, 1.807) is 22.8 Å². The molecule has 0 saturated carbocycles. The zero-order chi connectivity index (χ0) is 25.7. The van der Waals surface area contributed by atoms with Crippen LogP contribution < -0.4 is 35.3 Å². The molecule has 0 aliphatic rings. The van der Waals surface area contributed by atoms with Gasteiger partial charge < -0.3 is 27.0 Å². The third kappa shape index (κ3) is 6.93.